The monoisotopic (exact) mass is 247 g/mol. The molecule has 1 atom stereocenters. The summed E-state index contributed by atoms with van der Waals surface area (Å²) in [6.07, 6.45) is 3.47. The van der Waals surface area contributed by atoms with Crippen LogP contribution in [0.25, 0.3) is 0 Å². The molecule has 18 heavy (non-hydrogen) atoms. The number of aromatic hydroxyl groups is 1. The molecule has 0 fully saturated rings. The quantitative estimate of drug-likeness (QED) is 0.751. The highest BCUT2D eigenvalue weighted by molar-refractivity contribution is 5.37. The summed E-state index contributed by atoms with van der Waals surface area (Å²) in [5.74, 6) is 0.443. The Morgan fingerprint density at radius 3 is 2.83 bits per heavy atom. The van der Waals surface area contributed by atoms with Gasteiger partial charge >= 0.3 is 0 Å². The molecule has 0 aliphatic heterocycles. The third-order valence-corrected chi connectivity index (χ3v) is 3.16. The summed E-state index contributed by atoms with van der Waals surface area (Å²) in [7, 11) is 0. The molecule has 1 aromatic carbocycles. The van der Waals surface area contributed by atoms with E-state index in [0.717, 1.165) is 24.1 Å². The Balaban J connectivity index is 2.21. The van der Waals surface area contributed by atoms with Gasteiger partial charge in [0.2, 0.25) is 0 Å². The molecule has 1 aromatic heterocycles. The van der Waals surface area contributed by atoms with Crippen LogP contribution in [0.15, 0.2) is 24.4 Å². The lowest BCUT2D eigenvalue weighted by Gasteiger charge is -2.15. The lowest BCUT2D eigenvalue weighted by Crippen LogP contribution is -2.03. The standard InChI is InChI=1S/C13H17N3O2/c1-2-9(6-12-7-14-16-15-12)10-3-4-13(18)11(5-10)8-17/h3-5,7,9,17-18H,2,6,8H2,1H3,(H,14,15,16). The number of nitrogens with zero attached hydrogens (tertiary/aromatic N) is 2. The van der Waals surface area contributed by atoms with Gasteiger partial charge in [0, 0.05) is 5.56 Å². The number of benzene rings is 1. The summed E-state index contributed by atoms with van der Waals surface area (Å²) in [4.78, 5) is 0. The van der Waals surface area contributed by atoms with Gasteiger partial charge in [0.1, 0.15) is 5.75 Å². The zero-order chi connectivity index (χ0) is 13.0. The van der Waals surface area contributed by atoms with Crippen LogP contribution in [-0.2, 0) is 13.0 Å². The summed E-state index contributed by atoms with van der Waals surface area (Å²) in [5, 5.41) is 29.2. The maximum atomic E-state index is 9.56. The molecule has 0 amide bonds. The highest BCUT2D eigenvalue weighted by Gasteiger charge is 2.13. The van der Waals surface area contributed by atoms with Gasteiger partial charge in [-0.2, -0.15) is 15.4 Å². The van der Waals surface area contributed by atoms with Crippen molar-refractivity contribution in [2.24, 2.45) is 0 Å². The van der Waals surface area contributed by atoms with Crippen LogP contribution in [0.2, 0.25) is 0 Å². The molecule has 5 heteroatoms. The van der Waals surface area contributed by atoms with Gasteiger partial charge in [-0.3, -0.25) is 0 Å². The Morgan fingerprint density at radius 1 is 1.39 bits per heavy atom. The van der Waals surface area contributed by atoms with Crippen LogP contribution >= 0.6 is 0 Å². The number of hydrogen-bond acceptors (Lipinski definition) is 4. The van der Waals surface area contributed by atoms with E-state index in [9.17, 15) is 5.11 Å². The molecular formula is C13H17N3O2. The predicted molar refractivity (Wildman–Crippen MR) is 67.1 cm³/mol. The highest BCUT2D eigenvalue weighted by Crippen LogP contribution is 2.27. The van der Waals surface area contributed by atoms with E-state index in [1.54, 1.807) is 12.3 Å². The third kappa shape index (κ3) is 2.68. The summed E-state index contributed by atoms with van der Waals surface area (Å²) < 4.78 is 0. The zero-order valence-corrected chi connectivity index (χ0v) is 10.3. The first-order chi connectivity index (χ1) is 8.74. The molecule has 96 valence electrons. The van der Waals surface area contributed by atoms with Crippen molar-refractivity contribution in [3.05, 3.63) is 41.2 Å². The minimum Gasteiger partial charge on any atom is -0.508 e. The lowest BCUT2D eigenvalue weighted by molar-refractivity contribution is 0.275. The van der Waals surface area contributed by atoms with Crippen molar-refractivity contribution >= 4 is 0 Å². The fourth-order valence-electron chi connectivity index (χ4n) is 2.06. The number of phenols is 1. The normalized spacial score (nSPS) is 12.6. The van der Waals surface area contributed by atoms with Crippen molar-refractivity contribution in [1.29, 1.82) is 0 Å². The summed E-state index contributed by atoms with van der Waals surface area (Å²) >= 11 is 0. The number of nitrogens with one attached hydrogen (secondary N) is 1. The summed E-state index contributed by atoms with van der Waals surface area (Å²) in [6, 6.07) is 5.37. The average Bonchev–Trinajstić information content (AvgIpc) is 2.89. The van der Waals surface area contributed by atoms with Crippen LogP contribution in [0.4, 0.5) is 0 Å². The van der Waals surface area contributed by atoms with E-state index in [1.807, 2.05) is 12.1 Å². The summed E-state index contributed by atoms with van der Waals surface area (Å²) in [6.45, 7) is 1.95. The topological polar surface area (TPSA) is 82.0 Å². The van der Waals surface area contributed by atoms with Crippen LogP contribution in [0.1, 0.15) is 36.1 Å². The largest absolute Gasteiger partial charge is 0.508 e. The van der Waals surface area contributed by atoms with Gasteiger partial charge in [-0.05, 0) is 36.5 Å². The van der Waals surface area contributed by atoms with Gasteiger partial charge in [-0.15, -0.1) is 0 Å². The molecule has 1 heterocycles. The molecule has 0 spiro atoms. The first kappa shape index (κ1) is 12.6. The van der Waals surface area contributed by atoms with Crippen molar-refractivity contribution in [1.82, 2.24) is 15.4 Å². The van der Waals surface area contributed by atoms with E-state index in [4.69, 9.17) is 5.11 Å². The van der Waals surface area contributed by atoms with E-state index in [1.165, 1.54) is 0 Å². The van der Waals surface area contributed by atoms with Crippen LogP contribution in [0.5, 0.6) is 5.75 Å². The Bertz CT molecular complexity index is 497. The Hall–Kier alpha value is -1.88. The van der Waals surface area contributed by atoms with Crippen LogP contribution in [0, 0.1) is 0 Å². The van der Waals surface area contributed by atoms with E-state index >= 15 is 0 Å². The van der Waals surface area contributed by atoms with E-state index in [0.29, 0.717) is 11.5 Å². The third-order valence-electron chi connectivity index (χ3n) is 3.16. The molecule has 5 nitrogen and oxygen atoms in total. The van der Waals surface area contributed by atoms with Crippen LogP contribution < -0.4 is 0 Å². The fraction of sp³-hybridized carbons (Fsp3) is 0.385. The zero-order valence-electron chi connectivity index (χ0n) is 10.3. The molecular weight excluding hydrogens is 230 g/mol. The average molecular weight is 247 g/mol. The number of H-pyrrole nitrogens is 1. The van der Waals surface area contributed by atoms with E-state index in [2.05, 4.69) is 22.3 Å². The second-order valence-electron chi connectivity index (χ2n) is 4.32. The smallest absolute Gasteiger partial charge is 0.121 e. The van der Waals surface area contributed by atoms with Gasteiger partial charge in [-0.1, -0.05) is 13.0 Å². The minimum absolute atomic E-state index is 0.137. The molecule has 1 unspecified atom stereocenters. The maximum absolute atomic E-state index is 9.56. The molecule has 0 aliphatic carbocycles. The van der Waals surface area contributed by atoms with Crippen molar-refractivity contribution in [3.63, 3.8) is 0 Å². The van der Waals surface area contributed by atoms with Gasteiger partial charge < -0.3 is 10.2 Å². The number of hydrogen-bond donors (Lipinski definition) is 3. The molecule has 2 aromatic rings. The van der Waals surface area contributed by atoms with Gasteiger partial charge in [0.25, 0.3) is 0 Å². The van der Waals surface area contributed by atoms with E-state index < -0.39 is 0 Å². The molecule has 2 rings (SSSR count). The number of aliphatic hydroxyl groups excluding tert-OH is 1. The minimum atomic E-state index is -0.153. The van der Waals surface area contributed by atoms with Gasteiger partial charge in [0.05, 0.1) is 18.5 Å². The first-order valence-electron chi connectivity index (χ1n) is 6.01. The van der Waals surface area contributed by atoms with Crippen LogP contribution in [-0.4, -0.2) is 25.6 Å². The Kier molecular flexibility index (Phi) is 3.94. The van der Waals surface area contributed by atoms with Crippen molar-refractivity contribution in [3.8, 4) is 5.75 Å². The van der Waals surface area contributed by atoms with Crippen LogP contribution in [0.3, 0.4) is 0 Å². The molecule has 0 saturated heterocycles. The first-order valence-corrected chi connectivity index (χ1v) is 6.01. The number of aromatic nitrogens is 3. The fourth-order valence-corrected chi connectivity index (χ4v) is 2.06. The Labute approximate surface area is 105 Å². The number of aliphatic hydroxyl groups is 1. The Morgan fingerprint density at radius 2 is 2.22 bits per heavy atom. The SMILES string of the molecule is CCC(Cc1cn[nH]n1)c1ccc(O)c(CO)c1. The highest BCUT2D eigenvalue weighted by atomic mass is 16.3. The number of aromatic amines is 1. The van der Waals surface area contributed by atoms with Crippen molar-refractivity contribution in [2.45, 2.75) is 32.3 Å². The summed E-state index contributed by atoms with van der Waals surface area (Å²) in [5.41, 5.74) is 2.58. The van der Waals surface area contributed by atoms with Crippen molar-refractivity contribution < 1.29 is 10.2 Å². The maximum Gasteiger partial charge on any atom is 0.121 e. The molecule has 0 aliphatic rings. The molecule has 3 N–H and O–H groups in total. The van der Waals surface area contributed by atoms with E-state index in [-0.39, 0.29) is 12.4 Å². The molecule has 0 saturated carbocycles. The van der Waals surface area contributed by atoms with Gasteiger partial charge in [-0.25, -0.2) is 0 Å². The second kappa shape index (κ2) is 5.64. The number of rotatable bonds is 5. The molecule has 0 bridgehead atoms. The molecule has 0 radical (unpaired) electrons. The predicted octanol–water partition coefficient (Wildman–Crippen LogP) is 1.74. The second-order valence-corrected chi connectivity index (χ2v) is 4.32. The van der Waals surface area contributed by atoms with Gasteiger partial charge in [0.15, 0.2) is 0 Å². The van der Waals surface area contributed by atoms with Crippen molar-refractivity contribution in [2.75, 3.05) is 0 Å². The lowest BCUT2D eigenvalue weighted by atomic mass is 9.91.